The number of aromatic nitrogens is 1. The summed E-state index contributed by atoms with van der Waals surface area (Å²) < 4.78 is 6.07. The van der Waals surface area contributed by atoms with Gasteiger partial charge in [-0.25, -0.2) is 4.98 Å². The van der Waals surface area contributed by atoms with Crippen molar-refractivity contribution < 1.29 is 9.53 Å². The van der Waals surface area contributed by atoms with Crippen LogP contribution >= 0.6 is 11.3 Å². The summed E-state index contributed by atoms with van der Waals surface area (Å²) in [5, 5.41) is 2.15. The molecule has 0 unspecified atom stereocenters. The second-order valence-corrected chi connectivity index (χ2v) is 6.75. The molecule has 0 aliphatic heterocycles. The molecule has 0 saturated carbocycles. The van der Waals surface area contributed by atoms with Crippen molar-refractivity contribution in [3.63, 3.8) is 0 Å². The van der Waals surface area contributed by atoms with Gasteiger partial charge in [0.2, 0.25) is 0 Å². The molecule has 132 valence electrons. The molecule has 4 rings (SSSR count). The van der Waals surface area contributed by atoms with E-state index in [2.05, 4.69) is 4.98 Å². The summed E-state index contributed by atoms with van der Waals surface area (Å²) in [4.78, 5) is 15.6. The largest absolute Gasteiger partial charge is 0.457 e. The Kier molecular flexibility index (Phi) is 4.68. The number of amides is 1. The first-order valence-electron chi connectivity index (χ1n) is 8.39. The van der Waals surface area contributed by atoms with Crippen LogP contribution in [0.3, 0.4) is 0 Å². The smallest absolute Gasteiger partial charge is 0.277 e. The number of benzene rings is 3. The van der Waals surface area contributed by atoms with Gasteiger partial charge in [-0.15, -0.1) is 11.3 Å². The molecule has 4 nitrogen and oxygen atoms in total. The summed E-state index contributed by atoms with van der Waals surface area (Å²) in [7, 11) is 0. The number of ether oxygens (including phenoxy) is 1. The second-order valence-electron chi connectivity index (χ2n) is 5.89. The monoisotopic (exact) mass is 372 g/mol. The predicted molar refractivity (Wildman–Crippen MR) is 108 cm³/mol. The molecular formula is C22H16N2O2S. The Morgan fingerprint density at radius 1 is 0.889 bits per heavy atom. The fourth-order valence-corrected chi connectivity index (χ4v) is 3.45. The van der Waals surface area contributed by atoms with Crippen molar-refractivity contribution >= 4 is 17.2 Å². The van der Waals surface area contributed by atoms with Crippen molar-refractivity contribution in [2.75, 3.05) is 0 Å². The number of thiazole rings is 1. The summed E-state index contributed by atoms with van der Waals surface area (Å²) in [6.07, 6.45) is 0. The lowest BCUT2D eigenvalue weighted by Gasteiger charge is -2.12. The Balaban J connectivity index is 1.71. The molecule has 27 heavy (non-hydrogen) atoms. The van der Waals surface area contributed by atoms with Gasteiger partial charge >= 0.3 is 0 Å². The highest BCUT2D eigenvalue weighted by Crippen LogP contribution is 2.35. The van der Waals surface area contributed by atoms with Crippen molar-refractivity contribution in [2.24, 2.45) is 5.73 Å². The van der Waals surface area contributed by atoms with Crippen LogP contribution in [0.4, 0.5) is 0 Å². The molecule has 0 spiro atoms. The van der Waals surface area contributed by atoms with Gasteiger partial charge in [0.05, 0.1) is 5.69 Å². The molecule has 0 aliphatic carbocycles. The molecule has 0 bridgehead atoms. The zero-order valence-corrected chi connectivity index (χ0v) is 15.1. The third-order valence-electron chi connectivity index (χ3n) is 4.04. The lowest BCUT2D eigenvalue weighted by atomic mass is 10.0. The van der Waals surface area contributed by atoms with Gasteiger partial charge in [0.25, 0.3) is 5.91 Å². The summed E-state index contributed by atoms with van der Waals surface area (Å²) >= 11 is 1.25. The fourth-order valence-electron chi connectivity index (χ4n) is 2.78. The molecule has 0 fully saturated rings. The lowest BCUT2D eigenvalue weighted by molar-refractivity contribution is 0.1000. The van der Waals surface area contributed by atoms with Crippen LogP contribution in [0.5, 0.6) is 11.5 Å². The van der Waals surface area contributed by atoms with E-state index in [4.69, 9.17) is 10.5 Å². The second kappa shape index (κ2) is 7.43. The molecule has 1 aromatic heterocycles. The first kappa shape index (κ1) is 17.0. The zero-order valence-electron chi connectivity index (χ0n) is 14.3. The number of nitrogens with two attached hydrogens (primary N) is 1. The third kappa shape index (κ3) is 3.73. The van der Waals surface area contributed by atoms with E-state index in [1.54, 1.807) is 0 Å². The van der Waals surface area contributed by atoms with E-state index in [0.29, 0.717) is 5.01 Å². The fraction of sp³-hybridized carbons (Fsp3) is 0. The maximum atomic E-state index is 11.3. The van der Waals surface area contributed by atoms with Crippen molar-refractivity contribution in [3.05, 3.63) is 89.3 Å². The Hall–Kier alpha value is -3.44. The van der Waals surface area contributed by atoms with E-state index in [-0.39, 0.29) is 0 Å². The van der Waals surface area contributed by atoms with Crippen molar-refractivity contribution in [1.82, 2.24) is 4.98 Å². The molecule has 0 saturated heterocycles. The number of carbonyl (C=O) groups excluding carboxylic acids is 1. The quantitative estimate of drug-likeness (QED) is 0.512. The molecule has 4 aromatic rings. The SMILES string of the molecule is NC(=O)c1nc(-c2cccc(-c3ccccc3Oc3ccccc3)c2)cs1. The molecular weight excluding hydrogens is 356 g/mol. The Morgan fingerprint density at radius 2 is 1.63 bits per heavy atom. The molecule has 2 N–H and O–H groups in total. The minimum Gasteiger partial charge on any atom is -0.457 e. The van der Waals surface area contributed by atoms with Crippen molar-refractivity contribution in [3.8, 4) is 33.9 Å². The number of rotatable bonds is 5. The summed E-state index contributed by atoms with van der Waals surface area (Å²) in [5.41, 5.74) is 8.95. The summed E-state index contributed by atoms with van der Waals surface area (Å²) in [6.45, 7) is 0. The van der Waals surface area contributed by atoms with Gasteiger partial charge in [0.1, 0.15) is 11.5 Å². The van der Waals surface area contributed by atoms with Crippen LogP contribution in [0.15, 0.2) is 84.2 Å². The van der Waals surface area contributed by atoms with Gasteiger partial charge in [0.15, 0.2) is 5.01 Å². The predicted octanol–water partition coefficient (Wildman–Crippen LogP) is 5.37. The van der Waals surface area contributed by atoms with Crippen LogP contribution in [0.25, 0.3) is 22.4 Å². The van der Waals surface area contributed by atoms with Crippen LogP contribution in [0, 0.1) is 0 Å². The maximum Gasteiger partial charge on any atom is 0.277 e. The van der Waals surface area contributed by atoms with E-state index in [9.17, 15) is 4.79 Å². The molecule has 3 aromatic carbocycles. The number of hydrogen-bond acceptors (Lipinski definition) is 4. The molecule has 1 amide bonds. The number of para-hydroxylation sites is 2. The topological polar surface area (TPSA) is 65.2 Å². The van der Waals surface area contributed by atoms with E-state index >= 15 is 0 Å². The Bertz CT molecular complexity index is 1090. The number of primary amides is 1. The minimum atomic E-state index is -0.510. The molecule has 0 atom stereocenters. The highest BCUT2D eigenvalue weighted by atomic mass is 32.1. The van der Waals surface area contributed by atoms with Gasteiger partial charge in [-0.3, -0.25) is 4.79 Å². The first-order chi connectivity index (χ1) is 13.2. The maximum absolute atomic E-state index is 11.3. The Labute approximate surface area is 160 Å². The Morgan fingerprint density at radius 3 is 2.41 bits per heavy atom. The highest BCUT2D eigenvalue weighted by molar-refractivity contribution is 7.12. The van der Waals surface area contributed by atoms with Crippen LogP contribution in [-0.4, -0.2) is 10.9 Å². The van der Waals surface area contributed by atoms with Crippen LogP contribution in [0.2, 0.25) is 0 Å². The number of nitrogens with zero attached hydrogens (tertiary/aromatic N) is 1. The average Bonchev–Trinajstić information content (AvgIpc) is 3.20. The van der Waals surface area contributed by atoms with Crippen molar-refractivity contribution in [2.45, 2.75) is 0 Å². The highest BCUT2D eigenvalue weighted by Gasteiger charge is 2.11. The van der Waals surface area contributed by atoms with Gasteiger partial charge in [0, 0.05) is 16.5 Å². The molecule has 1 heterocycles. The van der Waals surface area contributed by atoms with Gasteiger partial charge in [-0.05, 0) is 29.8 Å². The van der Waals surface area contributed by atoms with Gasteiger partial charge in [-0.1, -0.05) is 54.6 Å². The molecule has 0 radical (unpaired) electrons. The zero-order chi connectivity index (χ0) is 18.6. The molecule has 5 heteroatoms. The normalized spacial score (nSPS) is 10.5. The van der Waals surface area contributed by atoms with E-state index in [0.717, 1.165) is 33.9 Å². The van der Waals surface area contributed by atoms with Crippen LogP contribution < -0.4 is 10.5 Å². The third-order valence-corrected chi connectivity index (χ3v) is 4.90. The van der Waals surface area contributed by atoms with E-state index in [1.807, 2.05) is 84.2 Å². The van der Waals surface area contributed by atoms with E-state index in [1.165, 1.54) is 11.3 Å². The van der Waals surface area contributed by atoms with E-state index < -0.39 is 5.91 Å². The molecule has 0 aliphatic rings. The van der Waals surface area contributed by atoms with Crippen LogP contribution in [-0.2, 0) is 0 Å². The first-order valence-corrected chi connectivity index (χ1v) is 9.27. The summed E-state index contributed by atoms with van der Waals surface area (Å²) in [5.74, 6) is 1.05. The van der Waals surface area contributed by atoms with Gasteiger partial charge < -0.3 is 10.5 Å². The number of carbonyl (C=O) groups is 1. The standard InChI is InChI=1S/C22H16N2O2S/c23-21(25)22-24-19(14-27-22)16-8-6-7-15(13-16)18-11-4-5-12-20(18)26-17-9-2-1-3-10-17/h1-14H,(H2,23,25). The summed E-state index contributed by atoms with van der Waals surface area (Å²) in [6, 6.07) is 25.6. The average molecular weight is 372 g/mol. The van der Waals surface area contributed by atoms with Crippen LogP contribution in [0.1, 0.15) is 9.80 Å². The minimum absolute atomic E-state index is 0.309. The lowest BCUT2D eigenvalue weighted by Crippen LogP contribution is -2.10. The van der Waals surface area contributed by atoms with Crippen molar-refractivity contribution in [1.29, 1.82) is 0 Å². The van der Waals surface area contributed by atoms with Gasteiger partial charge in [-0.2, -0.15) is 0 Å². The number of hydrogen-bond donors (Lipinski definition) is 1.